The maximum absolute atomic E-state index is 6.13. The third-order valence-corrected chi connectivity index (χ3v) is 4.38. The molecule has 0 aromatic heterocycles. The first-order chi connectivity index (χ1) is 9.65. The summed E-state index contributed by atoms with van der Waals surface area (Å²) in [6, 6.07) is 7.61. The van der Waals surface area contributed by atoms with E-state index in [0.29, 0.717) is 10.1 Å². The number of methoxy groups -OCH3 is 1. The normalized spacial score (nSPS) is 16.9. The number of ether oxygens (including phenoxy) is 1. The van der Waals surface area contributed by atoms with Crippen LogP contribution in [0.3, 0.4) is 0 Å². The van der Waals surface area contributed by atoms with Crippen molar-refractivity contribution in [2.45, 2.75) is 37.6 Å². The summed E-state index contributed by atoms with van der Waals surface area (Å²) >= 11 is 11.6. The second-order valence-corrected chi connectivity index (χ2v) is 6.10. The fourth-order valence-electron chi connectivity index (χ4n) is 2.74. The van der Waals surface area contributed by atoms with Crippen LogP contribution in [0.1, 0.15) is 32.1 Å². The van der Waals surface area contributed by atoms with Crippen LogP contribution in [0.4, 0.5) is 5.69 Å². The highest BCUT2D eigenvalue weighted by molar-refractivity contribution is 7.80. The molecule has 1 saturated carbocycles. The molecule has 3 nitrogen and oxygen atoms in total. The van der Waals surface area contributed by atoms with E-state index in [4.69, 9.17) is 28.6 Å². The molecule has 1 aromatic rings. The zero-order valence-electron chi connectivity index (χ0n) is 11.7. The minimum Gasteiger partial charge on any atom is -0.385 e. The first-order valence-electron chi connectivity index (χ1n) is 6.98. The molecule has 1 aliphatic carbocycles. The summed E-state index contributed by atoms with van der Waals surface area (Å²) < 4.78 is 5.22. The fourth-order valence-corrected chi connectivity index (χ4v) is 3.25. The monoisotopic (exact) mass is 312 g/mol. The summed E-state index contributed by atoms with van der Waals surface area (Å²) in [4.78, 5) is 0. The van der Waals surface area contributed by atoms with Crippen LogP contribution in [0.2, 0.25) is 5.02 Å². The molecule has 20 heavy (non-hydrogen) atoms. The summed E-state index contributed by atoms with van der Waals surface area (Å²) in [5.74, 6) is 0. The van der Waals surface area contributed by atoms with Crippen LogP contribution in [-0.2, 0) is 4.74 Å². The smallest absolute Gasteiger partial charge is 0.171 e. The van der Waals surface area contributed by atoms with Gasteiger partial charge < -0.3 is 15.4 Å². The Morgan fingerprint density at radius 3 is 2.70 bits per heavy atom. The number of thiocarbonyl (C=S) groups is 1. The molecule has 0 saturated heterocycles. The summed E-state index contributed by atoms with van der Waals surface area (Å²) in [6.07, 6.45) is 5.74. The van der Waals surface area contributed by atoms with Crippen molar-refractivity contribution in [3.05, 3.63) is 29.3 Å². The van der Waals surface area contributed by atoms with Crippen molar-refractivity contribution in [3.63, 3.8) is 0 Å². The van der Waals surface area contributed by atoms with E-state index in [2.05, 4.69) is 10.6 Å². The molecule has 1 aromatic carbocycles. The molecule has 0 bridgehead atoms. The van der Waals surface area contributed by atoms with Gasteiger partial charge in [0.25, 0.3) is 0 Å². The van der Waals surface area contributed by atoms with E-state index < -0.39 is 0 Å². The van der Waals surface area contributed by atoms with E-state index in [1.54, 1.807) is 7.11 Å². The van der Waals surface area contributed by atoms with Gasteiger partial charge in [-0.05, 0) is 43.6 Å². The Bertz CT molecular complexity index is 461. The van der Waals surface area contributed by atoms with Crippen LogP contribution in [-0.4, -0.2) is 24.4 Å². The van der Waals surface area contributed by atoms with Crippen molar-refractivity contribution >= 4 is 34.6 Å². The number of hydrogen-bond acceptors (Lipinski definition) is 2. The standard InChI is InChI=1S/C15H21ClN2OS/c1-19-11-10-15(8-4-5-9-15)18-14(20)17-13-7-3-2-6-12(13)16/h2-3,6-7H,4-5,8-11H2,1H3,(H2,17,18,20). The minimum atomic E-state index is 0.0708. The highest BCUT2D eigenvalue weighted by Crippen LogP contribution is 2.33. The van der Waals surface area contributed by atoms with Crippen LogP contribution in [0.5, 0.6) is 0 Å². The van der Waals surface area contributed by atoms with Gasteiger partial charge in [0.05, 0.1) is 10.7 Å². The van der Waals surface area contributed by atoms with Gasteiger partial charge in [0.2, 0.25) is 0 Å². The fraction of sp³-hybridized carbons (Fsp3) is 0.533. The van der Waals surface area contributed by atoms with Gasteiger partial charge in [0.1, 0.15) is 0 Å². The Morgan fingerprint density at radius 2 is 2.05 bits per heavy atom. The average Bonchev–Trinajstić information content (AvgIpc) is 2.88. The minimum absolute atomic E-state index is 0.0708. The zero-order chi connectivity index (χ0) is 14.4. The van der Waals surface area contributed by atoms with Crippen molar-refractivity contribution in [1.82, 2.24) is 5.32 Å². The van der Waals surface area contributed by atoms with Crippen LogP contribution in [0.25, 0.3) is 0 Å². The predicted molar refractivity (Wildman–Crippen MR) is 88.5 cm³/mol. The molecular weight excluding hydrogens is 292 g/mol. The molecule has 0 amide bonds. The number of nitrogens with one attached hydrogen (secondary N) is 2. The average molecular weight is 313 g/mol. The highest BCUT2D eigenvalue weighted by atomic mass is 35.5. The van der Waals surface area contributed by atoms with Gasteiger partial charge in [-0.25, -0.2) is 0 Å². The Balaban J connectivity index is 1.97. The topological polar surface area (TPSA) is 33.3 Å². The van der Waals surface area contributed by atoms with Crippen LogP contribution < -0.4 is 10.6 Å². The maximum atomic E-state index is 6.13. The lowest BCUT2D eigenvalue weighted by Gasteiger charge is -2.31. The second-order valence-electron chi connectivity index (χ2n) is 5.29. The Hall–Kier alpha value is -0.840. The van der Waals surface area contributed by atoms with Crippen molar-refractivity contribution in [1.29, 1.82) is 0 Å². The second kappa shape index (κ2) is 7.25. The van der Waals surface area contributed by atoms with Gasteiger partial charge in [-0.1, -0.05) is 36.6 Å². The molecular formula is C15H21ClN2OS. The van der Waals surface area contributed by atoms with E-state index in [1.807, 2.05) is 24.3 Å². The van der Waals surface area contributed by atoms with E-state index in [-0.39, 0.29) is 5.54 Å². The highest BCUT2D eigenvalue weighted by Gasteiger charge is 2.34. The van der Waals surface area contributed by atoms with Gasteiger partial charge in [-0.15, -0.1) is 0 Å². The third-order valence-electron chi connectivity index (χ3n) is 3.85. The summed E-state index contributed by atoms with van der Waals surface area (Å²) in [5, 5.41) is 7.98. The van der Waals surface area contributed by atoms with Gasteiger partial charge in [-0.3, -0.25) is 0 Å². The maximum Gasteiger partial charge on any atom is 0.171 e. The lowest BCUT2D eigenvalue weighted by Crippen LogP contribution is -2.48. The number of hydrogen-bond donors (Lipinski definition) is 2. The first kappa shape index (κ1) is 15.5. The van der Waals surface area contributed by atoms with Crippen molar-refractivity contribution < 1.29 is 4.74 Å². The van der Waals surface area contributed by atoms with Crippen molar-refractivity contribution in [3.8, 4) is 0 Å². The molecule has 1 aliphatic rings. The quantitative estimate of drug-likeness (QED) is 0.806. The van der Waals surface area contributed by atoms with E-state index in [9.17, 15) is 0 Å². The molecule has 2 N–H and O–H groups in total. The summed E-state index contributed by atoms with van der Waals surface area (Å²) in [5.41, 5.74) is 0.910. The van der Waals surface area contributed by atoms with E-state index in [0.717, 1.165) is 31.6 Å². The number of anilines is 1. The molecule has 1 fully saturated rings. The van der Waals surface area contributed by atoms with Gasteiger partial charge in [0.15, 0.2) is 5.11 Å². The molecule has 0 aliphatic heterocycles. The number of benzene rings is 1. The molecule has 0 atom stereocenters. The third kappa shape index (κ3) is 4.08. The molecule has 110 valence electrons. The van der Waals surface area contributed by atoms with Crippen molar-refractivity contribution in [2.24, 2.45) is 0 Å². The van der Waals surface area contributed by atoms with Crippen LogP contribution in [0.15, 0.2) is 24.3 Å². The van der Waals surface area contributed by atoms with E-state index in [1.165, 1.54) is 12.8 Å². The zero-order valence-corrected chi connectivity index (χ0v) is 13.3. The van der Waals surface area contributed by atoms with Crippen molar-refractivity contribution in [2.75, 3.05) is 19.0 Å². The lowest BCUT2D eigenvalue weighted by atomic mass is 9.94. The van der Waals surface area contributed by atoms with Gasteiger partial charge >= 0.3 is 0 Å². The molecule has 0 spiro atoms. The molecule has 0 radical (unpaired) electrons. The first-order valence-corrected chi connectivity index (χ1v) is 7.76. The van der Waals surface area contributed by atoms with E-state index >= 15 is 0 Å². The molecule has 0 heterocycles. The Morgan fingerprint density at radius 1 is 1.35 bits per heavy atom. The number of para-hydroxylation sites is 1. The lowest BCUT2D eigenvalue weighted by molar-refractivity contribution is 0.163. The Labute approximate surface area is 131 Å². The predicted octanol–water partition coefficient (Wildman–Crippen LogP) is 3.98. The number of halogens is 1. The summed E-state index contributed by atoms with van der Waals surface area (Å²) in [7, 11) is 1.74. The SMILES string of the molecule is COCCC1(NC(=S)Nc2ccccc2Cl)CCCC1. The number of rotatable bonds is 5. The molecule has 5 heteroatoms. The van der Waals surface area contributed by atoms with Crippen LogP contribution >= 0.6 is 23.8 Å². The largest absolute Gasteiger partial charge is 0.385 e. The molecule has 0 unspecified atom stereocenters. The van der Waals surface area contributed by atoms with Gasteiger partial charge in [-0.2, -0.15) is 0 Å². The van der Waals surface area contributed by atoms with Crippen LogP contribution in [0, 0.1) is 0 Å². The van der Waals surface area contributed by atoms with Gasteiger partial charge in [0, 0.05) is 19.3 Å². The molecule has 2 rings (SSSR count). The summed E-state index contributed by atoms with van der Waals surface area (Å²) in [6.45, 7) is 0.752. The Kier molecular flexibility index (Phi) is 5.64.